The Hall–Kier alpha value is -4.71. The number of hydrogen-bond donors (Lipinski definition) is 3. The average Bonchev–Trinajstić information content (AvgIpc) is 3.73. The van der Waals surface area contributed by atoms with Crippen LogP contribution in [0.1, 0.15) is 57.0 Å². The summed E-state index contributed by atoms with van der Waals surface area (Å²) in [5, 5.41) is 0. The van der Waals surface area contributed by atoms with Gasteiger partial charge < -0.3 is 15.0 Å². The van der Waals surface area contributed by atoms with E-state index in [4.69, 9.17) is 9.97 Å². The minimum Gasteiger partial charge on any atom is -0.345 e. The second kappa shape index (κ2) is 9.73. The fraction of sp³-hybridized carbons (Fsp3) is 0.229. The predicted octanol–water partition coefficient (Wildman–Crippen LogP) is 8.68. The van der Waals surface area contributed by atoms with Crippen molar-refractivity contribution in [3.05, 3.63) is 102 Å². The molecule has 204 valence electrons. The molecule has 0 radical (unpaired) electrons. The standard InChI is InChI=1S/C35H34N6/c1-21(2)33-38-28-11-8-22(16-31(28)40-33)14-15-35(3,4)26-7-5-6-25(17-26)34-39-29-13-10-24(19-32(29)41-34)23-9-12-27-30(18-23)37-20-36-27/h5-13,16-21H,14-15H2,1-4H3,(H,36,37)(H,38,40)(H,39,41). The van der Waals surface area contributed by atoms with Crippen LogP contribution in [0.5, 0.6) is 0 Å². The Morgan fingerprint density at radius 1 is 0.707 bits per heavy atom. The van der Waals surface area contributed by atoms with Gasteiger partial charge in [-0.2, -0.15) is 0 Å². The van der Waals surface area contributed by atoms with Crippen molar-refractivity contribution in [1.82, 2.24) is 29.9 Å². The minimum absolute atomic E-state index is 0.00650. The van der Waals surface area contributed by atoms with Crippen LogP contribution < -0.4 is 0 Å². The molecule has 0 amide bonds. The molecule has 4 aromatic carbocycles. The van der Waals surface area contributed by atoms with E-state index in [1.807, 2.05) is 0 Å². The Labute approximate surface area is 239 Å². The van der Waals surface area contributed by atoms with Crippen LogP contribution in [0.25, 0.3) is 55.6 Å². The molecular weight excluding hydrogens is 504 g/mol. The number of aromatic nitrogens is 6. The van der Waals surface area contributed by atoms with E-state index >= 15 is 0 Å². The van der Waals surface area contributed by atoms with E-state index < -0.39 is 0 Å². The van der Waals surface area contributed by atoms with E-state index in [-0.39, 0.29) is 5.41 Å². The molecule has 7 rings (SSSR count). The molecular formula is C35H34N6. The van der Waals surface area contributed by atoms with Crippen LogP contribution in [0.2, 0.25) is 0 Å². The van der Waals surface area contributed by atoms with Crippen molar-refractivity contribution in [3.8, 4) is 22.5 Å². The second-order valence-corrected chi connectivity index (χ2v) is 12.0. The summed E-state index contributed by atoms with van der Waals surface area (Å²) in [5.41, 5.74) is 12.2. The van der Waals surface area contributed by atoms with Crippen molar-refractivity contribution in [1.29, 1.82) is 0 Å². The van der Waals surface area contributed by atoms with Crippen molar-refractivity contribution in [2.24, 2.45) is 0 Å². The van der Waals surface area contributed by atoms with Gasteiger partial charge in [-0.15, -0.1) is 0 Å². The van der Waals surface area contributed by atoms with Gasteiger partial charge in [-0.25, -0.2) is 15.0 Å². The molecule has 6 nitrogen and oxygen atoms in total. The van der Waals surface area contributed by atoms with Gasteiger partial charge in [0.1, 0.15) is 11.6 Å². The number of H-pyrrole nitrogens is 3. The fourth-order valence-electron chi connectivity index (χ4n) is 5.64. The summed E-state index contributed by atoms with van der Waals surface area (Å²) < 4.78 is 0. The zero-order valence-electron chi connectivity index (χ0n) is 23.9. The molecule has 0 aliphatic heterocycles. The number of benzene rings is 4. The van der Waals surface area contributed by atoms with Crippen molar-refractivity contribution in [2.75, 3.05) is 0 Å². The molecule has 0 spiro atoms. The maximum Gasteiger partial charge on any atom is 0.138 e. The summed E-state index contributed by atoms with van der Waals surface area (Å²) in [4.78, 5) is 24.3. The van der Waals surface area contributed by atoms with Crippen LogP contribution in [0.15, 0.2) is 85.2 Å². The number of hydrogen-bond acceptors (Lipinski definition) is 3. The smallest absolute Gasteiger partial charge is 0.138 e. The summed E-state index contributed by atoms with van der Waals surface area (Å²) in [5.74, 6) is 2.33. The summed E-state index contributed by atoms with van der Waals surface area (Å²) in [6.07, 6.45) is 3.77. The van der Waals surface area contributed by atoms with Gasteiger partial charge in [0.2, 0.25) is 0 Å². The molecule has 0 aliphatic rings. The molecule has 3 aromatic heterocycles. The number of nitrogens with one attached hydrogen (secondary N) is 3. The van der Waals surface area contributed by atoms with Gasteiger partial charge in [-0.3, -0.25) is 0 Å². The predicted molar refractivity (Wildman–Crippen MR) is 168 cm³/mol. The van der Waals surface area contributed by atoms with Crippen LogP contribution in [0, 0.1) is 0 Å². The largest absolute Gasteiger partial charge is 0.345 e. The van der Waals surface area contributed by atoms with Gasteiger partial charge in [0.25, 0.3) is 0 Å². The molecule has 3 N–H and O–H groups in total. The number of fused-ring (bicyclic) bond motifs is 3. The van der Waals surface area contributed by atoms with Crippen molar-refractivity contribution < 1.29 is 0 Å². The Balaban J connectivity index is 1.12. The lowest BCUT2D eigenvalue weighted by molar-refractivity contribution is 0.480. The van der Waals surface area contributed by atoms with Crippen LogP contribution in [0.4, 0.5) is 0 Å². The van der Waals surface area contributed by atoms with Gasteiger partial charge in [-0.05, 0) is 83.0 Å². The molecule has 6 heteroatoms. The first-order chi connectivity index (χ1) is 19.8. The first kappa shape index (κ1) is 25.3. The van der Waals surface area contributed by atoms with Gasteiger partial charge >= 0.3 is 0 Å². The zero-order valence-corrected chi connectivity index (χ0v) is 23.9. The van der Waals surface area contributed by atoms with Gasteiger partial charge in [0.05, 0.1) is 39.4 Å². The normalized spacial score (nSPS) is 12.3. The number of aryl methyl sites for hydroxylation is 1. The van der Waals surface area contributed by atoms with Crippen LogP contribution in [-0.2, 0) is 11.8 Å². The number of nitrogens with zero attached hydrogens (tertiary/aromatic N) is 3. The first-order valence-electron chi connectivity index (χ1n) is 14.4. The third-order valence-corrected chi connectivity index (χ3v) is 8.30. The SMILES string of the molecule is CC(C)c1nc2ccc(CCC(C)(C)c3cccc(-c4nc5ccc(-c6ccc7nc[nH]c7c6)cc5[nH]4)c3)cc2[nH]1. The number of aromatic amines is 3. The third-order valence-electron chi connectivity index (χ3n) is 8.30. The van der Waals surface area contributed by atoms with Gasteiger partial charge in [0.15, 0.2) is 0 Å². The van der Waals surface area contributed by atoms with Gasteiger partial charge in [-0.1, -0.05) is 64.1 Å². The van der Waals surface area contributed by atoms with E-state index in [0.717, 1.165) is 74.3 Å². The quantitative estimate of drug-likeness (QED) is 0.190. The average molecular weight is 539 g/mol. The lowest BCUT2D eigenvalue weighted by atomic mass is 9.79. The lowest BCUT2D eigenvalue weighted by Gasteiger charge is -2.26. The van der Waals surface area contributed by atoms with E-state index in [1.165, 1.54) is 11.1 Å². The Morgan fingerprint density at radius 3 is 2.27 bits per heavy atom. The summed E-state index contributed by atoms with van der Waals surface area (Å²) >= 11 is 0. The van der Waals surface area contributed by atoms with Crippen LogP contribution in [-0.4, -0.2) is 29.9 Å². The van der Waals surface area contributed by atoms with Crippen molar-refractivity contribution in [2.45, 2.75) is 51.9 Å². The summed E-state index contributed by atoms with van der Waals surface area (Å²) in [6, 6.07) is 28.1. The van der Waals surface area contributed by atoms with Crippen LogP contribution in [0.3, 0.4) is 0 Å². The van der Waals surface area contributed by atoms with Gasteiger partial charge in [0, 0.05) is 11.5 Å². The summed E-state index contributed by atoms with van der Waals surface area (Å²) in [7, 11) is 0. The third kappa shape index (κ3) is 4.80. The number of rotatable bonds is 7. The maximum absolute atomic E-state index is 4.94. The topological polar surface area (TPSA) is 86.0 Å². The minimum atomic E-state index is 0.00650. The highest BCUT2D eigenvalue weighted by Crippen LogP contribution is 2.33. The van der Waals surface area contributed by atoms with E-state index in [1.54, 1.807) is 6.33 Å². The number of imidazole rings is 3. The molecule has 0 unspecified atom stereocenters. The highest BCUT2D eigenvalue weighted by Gasteiger charge is 2.22. The molecule has 7 aromatic rings. The Bertz CT molecular complexity index is 2020. The Kier molecular flexibility index (Phi) is 6.00. The molecule has 0 saturated carbocycles. The second-order valence-electron chi connectivity index (χ2n) is 12.0. The first-order valence-corrected chi connectivity index (χ1v) is 14.4. The van der Waals surface area contributed by atoms with Crippen molar-refractivity contribution in [3.63, 3.8) is 0 Å². The van der Waals surface area contributed by atoms with Crippen LogP contribution >= 0.6 is 0 Å². The molecule has 0 fully saturated rings. The fourth-order valence-corrected chi connectivity index (χ4v) is 5.64. The zero-order chi connectivity index (χ0) is 28.1. The lowest BCUT2D eigenvalue weighted by Crippen LogP contribution is -2.18. The van der Waals surface area contributed by atoms with E-state index in [2.05, 4.69) is 126 Å². The molecule has 0 aliphatic carbocycles. The summed E-state index contributed by atoms with van der Waals surface area (Å²) in [6.45, 7) is 9.00. The highest BCUT2D eigenvalue weighted by atomic mass is 14.9. The molecule has 0 atom stereocenters. The molecule has 0 saturated heterocycles. The Morgan fingerprint density at radius 2 is 1.44 bits per heavy atom. The molecule has 41 heavy (non-hydrogen) atoms. The highest BCUT2D eigenvalue weighted by molar-refractivity contribution is 5.87. The maximum atomic E-state index is 4.94. The van der Waals surface area contributed by atoms with E-state index in [0.29, 0.717) is 5.92 Å². The van der Waals surface area contributed by atoms with Crippen molar-refractivity contribution >= 4 is 33.1 Å². The van der Waals surface area contributed by atoms with E-state index in [9.17, 15) is 0 Å². The monoisotopic (exact) mass is 538 g/mol. The molecule has 0 bridgehead atoms. The molecule has 3 heterocycles.